The van der Waals surface area contributed by atoms with Crippen LogP contribution in [0, 0.1) is 17.3 Å². The van der Waals surface area contributed by atoms with Crippen LogP contribution in [0.5, 0.6) is 5.88 Å². The van der Waals surface area contributed by atoms with E-state index in [0.29, 0.717) is 18.4 Å². The zero-order valence-electron chi connectivity index (χ0n) is 23.4. The molecule has 38 heavy (non-hydrogen) atoms. The van der Waals surface area contributed by atoms with Gasteiger partial charge < -0.3 is 19.9 Å². The van der Waals surface area contributed by atoms with Gasteiger partial charge in [0.1, 0.15) is 0 Å². The number of anilines is 1. The van der Waals surface area contributed by atoms with E-state index in [1.54, 1.807) is 6.20 Å². The number of carbonyl (C=O) groups is 2. The van der Waals surface area contributed by atoms with Crippen LogP contribution in [0.1, 0.15) is 64.5 Å². The van der Waals surface area contributed by atoms with Crippen molar-refractivity contribution in [3.63, 3.8) is 0 Å². The molecule has 1 aliphatic carbocycles. The average molecular weight is 522 g/mol. The first kappa shape index (κ1) is 28.0. The van der Waals surface area contributed by atoms with Crippen LogP contribution in [-0.2, 0) is 9.59 Å². The van der Waals surface area contributed by atoms with E-state index in [0.717, 1.165) is 63.8 Å². The lowest BCUT2D eigenvalue weighted by molar-refractivity contribution is -0.144. The van der Waals surface area contributed by atoms with Crippen LogP contribution in [0.25, 0.3) is 0 Å². The molecule has 4 rings (SSSR count). The van der Waals surface area contributed by atoms with Gasteiger partial charge in [-0.2, -0.15) is 4.98 Å². The predicted molar refractivity (Wildman–Crippen MR) is 149 cm³/mol. The zero-order chi connectivity index (χ0) is 27.1. The standard InChI is InChI=1S/C30H43N5O3/c1-5-10-25(22(2)27(36)28(37)32-23(3)24-11-7-6-8-12-24)30(14-9-15-30)21-38-26-13-16-31-29(33-26)35-19-17-34(4)18-20-35/h6-8,11-13,16,22-23,25H,5,9-10,14-15,17-21H2,1-4H3,(H,32,37)/t22?,23-,25?/m0/s1. The predicted octanol–water partition coefficient (Wildman–Crippen LogP) is 4.28. The number of hydrogen-bond acceptors (Lipinski definition) is 7. The lowest BCUT2D eigenvalue weighted by Gasteiger charge is -2.49. The number of ketones is 1. The maximum atomic E-state index is 13.3. The number of nitrogens with one attached hydrogen (secondary N) is 1. The summed E-state index contributed by atoms with van der Waals surface area (Å²) >= 11 is 0. The van der Waals surface area contributed by atoms with Crippen LogP contribution in [0.3, 0.4) is 0 Å². The lowest BCUT2D eigenvalue weighted by Crippen LogP contribution is -2.49. The fourth-order valence-corrected chi connectivity index (χ4v) is 5.92. The first-order chi connectivity index (χ1) is 18.3. The van der Waals surface area contributed by atoms with Gasteiger partial charge in [0.05, 0.1) is 12.6 Å². The number of nitrogens with zero attached hydrogens (tertiary/aromatic N) is 4. The van der Waals surface area contributed by atoms with Gasteiger partial charge in [-0.15, -0.1) is 0 Å². The fraction of sp³-hybridized carbons (Fsp3) is 0.600. The van der Waals surface area contributed by atoms with Crippen molar-refractivity contribution in [3.8, 4) is 5.88 Å². The third kappa shape index (κ3) is 6.52. The third-order valence-corrected chi connectivity index (χ3v) is 8.53. The highest BCUT2D eigenvalue weighted by Gasteiger charge is 2.48. The van der Waals surface area contributed by atoms with E-state index in [9.17, 15) is 9.59 Å². The highest BCUT2D eigenvalue weighted by Crippen LogP contribution is 2.52. The number of likely N-dealkylation sites (N-methyl/N-ethyl adjacent to an activating group) is 1. The molecule has 0 radical (unpaired) electrons. The molecule has 206 valence electrons. The van der Waals surface area contributed by atoms with Crippen molar-refractivity contribution in [2.75, 3.05) is 44.7 Å². The molecule has 3 atom stereocenters. The van der Waals surface area contributed by atoms with E-state index < -0.39 is 5.91 Å². The molecule has 0 bridgehead atoms. The van der Waals surface area contributed by atoms with Crippen molar-refractivity contribution in [2.24, 2.45) is 17.3 Å². The quantitative estimate of drug-likeness (QED) is 0.417. The monoisotopic (exact) mass is 521 g/mol. The van der Waals surface area contributed by atoms with Crippen molar-refractivity contribution in [1.82, 2.24) is 20.2 Å². The molecule has 2 aromatic rings. The van der Waals surface area contributed by atoms with Crippen molar-refractivity contribution < 1.29 is 14.3 Å². The van der Waals surface area contributed by atoms with Crippen LogP contribution >= 0.6 is 0 Å². The van der Waals surface area contributed by atoms with Gasteiger partial charge in [0.15, 0.2) is 0 Å². The van der Waals surface area contributed by atoms with Gasteiger partial charge in [-0.3, -0.25) is 9.59 Å². The van der Waals surface area contributed by atoms with E-state index >= 15 is 0 Å². The van der Waals surface area contributed by atoms with Crippen molar-refractivity contribution >= 4 is 17.6 Å². The van der Waals surface area contributed by atoms with Crippen LogP contribution in [0.15, 0.2) is 42.6 Å². The Labute approximate surface area is 227 Å². The molecule has 8 heteroatoms. The Balaban J connectivity index is 1.41. The van der Waals surface area contributed by atoms with Gasteiger partial charge in [0.25, 0.3) is 5.91 Å². The maximum absolute atomic E-state index is 13.3. The molecule has 1 amide bonds. The van der Waals surface area contributed by atoms with Gasteiger partial charge in [-0.25, -0.2) is 4.98 Å². The van der Waals surface area contributed by atoms with E-state index in [2.05, 4.69) is 34.1 Å². The first-order valence-electron chi connectivity index (χ1n) is 14.1. The number of carbonyl (C=O) groups excluding carboxylic acids is 2. The molecule has 1 N–H and O–H groups in total. The molecule has 1 aromatic heterocycles. The second kappa shape index (κ2) is 12.7. The Hall–Kier alpha value is -3.00. The third-order valence-electron chi connectivity index (χ3n) is 8.53. The summed E-state index contributed by atoms with van der Waals surface area (Å²) in [7, 11) is 2.13. The molecular weight excluding hydrogens is 478 g/mol. The summed E-state index contributed by atoms with van der Waals surface area (Å²) in [6.07, 6.45) is 6.69. The van der Waals surface area contributed by atoms with Gasteiger partial charge in [-0.05, 0) is 44.7 Å². The first-order valence-corrected chi connectivity index (χ1v) is 14.1. The van der Waals surface area contributed by atoms with Crippen molar-refractivity contribution in [3.05, 3.63) is 48.2 Å². The lowest BCUT2D eigenvalue weighted by atomic mass is 9.56. The minimum atomic E-state index is -0.502. The van der Waals surface area contributed by atoms with Crippen LogP contribution in [-0.4, -0.2) is 66.4 Å². The number of piperazine rings is 1. The minimum absolute atomic E-state index is 0.0745. The molecule has 2 heterocycles. The van der Waals surface area contributed by atoms with Gasteiger partial charge in [0.2, 0.25) is 17.6 Å². The highest BCUT2D eigenvalue weighted by molar-refractivity contribution is 6.37. The number of Topliss-reactive ketones (excluding diaryl/α,β-unsaturated/α-hetero) is 1. The smallest absolute Gasteiger partial charge is 0.288 e. The van der Waals surface area contributed by atoms with Crippen LogP contribution in [0.4, 0.5) is 5.95 Å². The molecule has 1 saturated heterocycles. The summed E-state index contributed by atoms with van der Waals surface area (Å²) < 4.78 is 6.31. The minimum Gasteiger partial charge on any atom is -0.477 e. The Morgan fingerprint density at radius 2 is 1.79 bits per heavy atom. The Kier molecular flexibility index (Phi) is 9.36. The zero-order valence-corrected chi connectivity index (χ0v) is 23.4. The molecular formula is C30H43N5O3. The number of hydrogen-bond donors (Lipinski definition) is 1. The van der Waals surface area contributed by atoms with Gasteiger partial charge in [-0.1, -0.05) is 57.0 Å². The van der Waals surface area contributed by atoms with Crippen LogP contribution < -0.4 is 15.0 Å². The molecule has 1 saturated carbocycles. The highest BCUT2D eigenvalue weighted by atomic mass is 16.5. The summed E-state index contributed by atoms with van der Waals surface area (Å²) in [6, 6.07) is 11.3. The Bertz CT molecular complexity index is 1070. The van der Waals surface area contributed by atoms with Gasteiger partial charge >= 0.3 is 0 Å². The second-order valence-corrected chi connectivity index (χ2v) is 11.1. The number of rotatable bonds is 12. The largest absolute Gasteiger partial charge is 0.477 e. The molecule has 0 spiro atoms. The molecule has 1 aliphatic heterocycles. The number of amides is 1. The van der Waals surface area contributed by atoms with E-state index in [1.807, 2.05) is 50.2 Å². The van der Waals surface area contributed by atoms with Crippen molar-refractivity contribution in [1.29, 1.82) is 0 Å². The molecule has 2 unspecified atom stereocenters. The Morgan fingerprint density at radius 3 is 2.42 bits per heavy atom. The van der Waals surface area contributed by atoms with E-state index in [-0.39, 0.29) is 29.1 Å². The maximum Gasteiger partial charge on any atom is 0.288 e. The average Bonchev–Trinajstić information content (AvgIpc) is 2.92. The normalized spacial score (nSPS) is 19.6. The second-order valence-electron chi connectivity index (χ2n) is 11.1. The van der Waals surface area contributed by atoms with Gasteiger partial charge in [0, 0.05) is 49.8 Å². The number of ether oxygens (including phenoxy) is 1. The summed E-state index contributed by atoms with van der Waals surface area (Å²) in [4.78, 5) is 40.0. The van der Waals surface area contributed by atoms with Crippen LogP contribution in [0.2, 0.25) is 0 Å². The SMILES string of the molecule is CCCC(C(C)C(=O)C(=O)N[C@@H](C)c1ccccc1)C1(COc2ccnc(N3CCN(C)CC3)n2)CCC1. The number of benzene rings is 1. The summed E-state index contributed by atoms with van der Waals surface area (Å²) in [5.74, 6) is 0.133. The molecule has 2 fully saturated rings. The summed E-state index contributed by atoms with van der Waals surface area (Å²) in [5, 5.41) is 2.91. The van der Waals surface area contributed by atoms with E-state index in [1.165, 1.54) is 0 Å². The summed E-state index contributed by atoms with van der Waals surface area (Å²) in [6.45, 7) is 10.2. The van der Waals surface area contributed by atoms with E-state index in [4.69, 9.17) is 9.72 Å². The molecule has 1 aromatic carbocycles. The molecule has 2 aliphatic rings. The number of aromatic nitrogens is 2. The van der Waals surface area contributed by atoms with Crippen molar-refractivity contribution in [2.45, 2.75) is 58.9 Å². The Morgan fingerprint density at radius 1 is 1.08 bits per heavy atom. The fourth-order valence-electron chi connectivity index (χ4n) is 5.92. The topological polar surface area (TPSA) is 87.7 Å². The molecule has 8 nitrogen and oxygen atoms in total. The summed E-state index contributed by atoms with van der Waals surface area (Å²) in [5.41, 5.74) is 0.853.